The van der Waals surface area contributed by atoms with E-state index in [1.807, 2.05) is 0 Å². The average molecular weight is 595 g/mol. The van der Waals surface area contributed by atoms with E-state index in [9.17, 15) is 34.8 Å². The Morgan fingerprint density at radius 3 is 1.88 bits per heavy atom. The lowest BCUT2D eigenvalue weighted by Crippen LogP contribution is -2.60. The molecule has 2 fully saturated rings. The molecule has 4 aliphatic rings. The first-order chi connectivity index (χ1) is 19.3. The minimum atomic E-state index is -1.93. The molecule has 0 radical (unpaired) electrons. The molecule has 7 atom stereocenters. The van der Waals surface area contributed by atoms with Gasteiger partial charge in [-0.1, -0.05) is 6.08 Å². The topological polar surface area (TPSA) is 166 Å². The minimum absolute atomic E-state index is 0.177. The van der Waals surface area contributed by atoms with E-state index in [1.165, 1.54) is 28.0 Å². The molecule has 0 unspecified atom stereocenters. The van der Waals surface area contributed by atoms with Gasteiger partial charge in [-0.25, -0.2) is 9.59 Å². The van der Waals surface area contributed by atoms with E-state index in [1.54, 1.807) is 41.5 Å². The van der Waals surface area contributed by atoms with Crippen molar-refractivity contribution in [3.8, 4) is 0 Å². The number of amides is 2. The summed E-state index contributed by atoms with van der Waals surface area (Å²) in [6.07, 6.45) is 1.01. The summed E-state index contributed by atoms with van der Waals surface area (Å²) in [5, 5.41) is 45.2. The first kappa shape index (κ1) is 32.2. The Kier molecular flexibility index (Phi) is 8.78. The largest absolute Gasteiger partial charge is 0.509 e. The molecule has 12 heteroatoms. The fourth-order valence-electron chi connectivity index (χ4n) is 6.40. The van der Waals surface area contributed by atoms with Gasteiger partial charge in [0, 0.05) is 25.9 Å². The van der Waals surface area contributed by atoms with Gasteiger partial charge in [0.25, 0.3) is 0 Å². The number of hydrogen-bond acceptors (Lipinski definition) is 10. The first-order valence-electron chi connectivity index (χ1n) is 14.8. The number of carbonyl (C=O) groups excluding carboxylic acids is 3. The fourth-order valence-corrected chi connectivity index (χ4v) is 6.40. The minimum Gasteiger partial charge on any atom is -0.509 e. The van der Waals surface area contributed by atoms with E-state index >= 15 is 0 Å². The van der Waals surface area contributed by atoms with E-state index in [2.05, 4.69) is 0 Å². The SMILES string of the molecule is CC(C)(C)OC(=O)N1CCC[C@@H]1[C@]1(O)C[C@@H](O[C@H]2C=C(O)[C@](O)([C@H]3CCCN3C(=O)OC(C)(C)C)C[C@H]2O)C=CC1=O. The number of carbonyl (C=O) groups is 3. The number of rotatable bonds is 4. The van der Waals surface area contributed by atoms with Crippen molar-refractivity contribution in [1.82, 2.24) is 9.80 Å². The van der Waals surface area contributed by atoms with Crippen LogP contribution in [0, 0.1) is 0 Å². The van der Waals surface area contributed by atoms with E-state index in [0.717, 1.165) is 0 Å². The smallest absolute Gasteiger partial charge is 0.410 e. The maximum Gasteiger partial charge on any atom is 0.410 e. The molecule has 0 bridgehead atoms. The molecule has 12 nitrogen and oxygen atoms in total. The van der Waals surface area contributed by atoms with Crippen molar-refractivity contribution in [2.75, 3.05) is 13.1 Å². The Hall–Kier alpha value is -2.67. The number of aliphatic hydroxyl groups excluding tert-OH is 2. The molecule has 2 saturated heterocycles. The van der Waals surface area contributed by atoms with Crippen molar-refractivity contribution in [1.29, 1.82) is 0 Å². The summed E-state index contributed by atoms with van der Waals surface area (Å²) in [7, 11) is 0. The lowest BCUT2D eigenvalue weighted by Gasteiger charge is -2.44. The predicted octanol–water partition coefficient (Wildman–Crippen LogP) is 2.74. The summed E-state index contributed by atoms with van der Waals surface area (Å²) >= 11 is 0. The van der Waals surface area contributed by atoms with Crippen LogP contribution in [-0.2, 0) is 19.0 Å². The van der Waals surface area contributed by atoms with Crippen LogP contribution in [0.5, 0.6) is 0 Å². The lowest BCUT2D eigenvalue weighted by molar-refractivity contribution is -0.151. The van der Waals surface area contributed by atoms with Crippen LogP contribution in [0.15, 0.2) is 24.0 Å². The first-order valence-corrected chi connectivity index (χ1v) is 14.8. The van der Waals surface area contributed by atoms with Gasteiger partial charge < -0.3 is 44.4 Å². The molecule has 236 valence electrons. The second-order valence-corrected chi connectivity index (χ2v) is 13.9. The highest BCUT2D eigenvalue weighted by Crippen LogP contribution is 2.41. The number of ketones is 1. The van der Waals surface area contributed by atoms with Crippen molar-refractivity contribution in [2.45, 2.75) is 133 Å². The third kappa shape index (κ3) is 6.61. The summed E-state index contributed by atoms with van der Waals surface area (Å²) < 4.78 is 17.0. The van der Waals surface area contributed by atoms with E-state index in [-0.39, 0.29) is 12.8 Å². The van der Waals surface area contributed by atoms with Crippen LogP contribution in [-0.4, -0.2) is 114 Å². The summed E-state index contributed by atoms with van der Waals surface area (Å²) in [4.78, 5) is 41.4. The zero-order chi connectivity index (χ0) is 31.3. The second-order valence-electron chi connectivity index (χ2n) is 13.9. The Morgan fingerprint density at radius 2 is 1.38 bits per heavy atom. The number of likely N-dealkylation sites (tertiary alicyclic amines) is 2. The zero-order valence-electron chi connectivity index (χ0n) is 25.4. The van der Waals surface area contributed by atoms with Crippen LogP contribution in [0.25, 0.3) is 0 Å². The molecule has 0 aromatic carbocycles. The molecule has 2 aliphatic heterocycles. The number of aliphatic hydroxyl groups is 4. The zero-order valence-corrected chi connectivity index (χ0v) is 25.4. The highest BCUT2D eigenvalue weighted by atomic mass is 16.6. The fraction of sp³-hybridized carbons (Fsp3) is 0.767. The standard InChI is InChI=1S/C30H46N2O10/c1-27(2,3)41-25(36)31-13-7-9-21(31)29(38)16-18(11-12-23(29)34)40-20-15-24(35)30(39,17-19(20)33)22-10-8-14-32(22)26(37)42-28(4,5)6/h11-12,15,18-22,33,35,38-39H,7-10,13-14,16-17H2,1-6H3/t18-,19+,20-,21+,22+,29+,30+/m0/s1. The van der Waals surface area contributed by atoms with Crippen LogP contribution >= 0.6 is 0 Å². The molecule has 42 heavy (non-hydrogen) atoms. The van der Waals surface area contributed by atoms with Gasteiger partial charge in [-0.3, -0.25) is 4.79 Å². The van der Waals surface area contributed by atoms with Gasteiger partial charge in [-0.2, -0.15) is 0 Å². The van der Waals surface area contributed by atoms with Crippen LogP contribution in [0.3, 0.4) is 0 Å². The maximum absolute atomic E-state index is 13.0. The monoisotopic (exact) mass is 594 g/mol. The van der Waals surface area contributed by atoms with E-state index < -0.39 is 76.5 Å². The van der Waals surface area contributed by atoms with Gasteiger partial charge >= 0.3 is 12.2 Å². The van der Waals surface area contributed by atoms with Gasteiger partial charge in [0.2, 0.25) is 0 Å². The number of ether oxygens (including phenoxy) is 3. The van der Waals surface area contributed by atoms with E-state index in [0.29, 0.717) is 38.8 Å². The highest BCUT2D eigenvalue weighted by Gasteiger charge is 2.55. The average Bonchev–Trinajstić information content (AvgIpc) is 3.54. The van der Waals surface area contributed by atoms with Crippen LogP contribution in [0.2, 0.25) is 0 Å². The highest BCUT2D eigenvalue weighted by molar-refractivity contribution is 5.99. The summed E-state index contributed by atoms with van der Waals surface area (Å²) in [6, 6.07) is -1.62. The van der Waals surface area contributed by atoms with Crippen molar-refractivity contribution < 1.29 is 49.0 Å². The summed E-state index contributed by atoms with van der Waals surface area (Å²) in [6.45, 7) is 11.1. The summed E-state index contributed by atoms with van der Waals surface area (Å²) in [5.41, 5.74) is -5.33. The maximum atomic E-state index is 13.0. The van der Waals surface area contributed by atoms with Gasteiger partial charge in [0.05, 0.1) is 24.3 Å². The van der Waals surface area contributed by atoms with Gasteiger partial charge in [-0.15, -0.1) is 0 Å². The molecule has 4 rings (SSSR count). The Labute approximate surface area is 246 Å². The van der Waals surface area contributed by atoms with Crippen LogP contribution in [0.4, 0.5) is 9.59 Å². The van der Waals surface area contributed by atoms with Crippen molar-refractivity contribution in [3.63, 3.8) is 0 Å². The van der Waals surface area contributed by atoms with E-state index in [4.69, 9.17) is 14.2 Å². The number of hydrogen-bond donors (Lipinski definition) is 4. The van der Waals surface area contributed by atoms with Gasteiger partial charge in [-0.05, 0) is 79.4 Å². The molecule has 0 spiro atoms. The predicted molar refractivity (Wildman–Crippen MR) is 151 cm³/mol. The Balaban J connectivity index is 1.48. The van der Waals surface area contributed by atoms with Crippen molar-refractivity contribution in [2.24, 2.45) is 0 Å². The Bertz CT molecular complexity index is 1120. The molecule has 2 aliphatic carbocycles. The van der Waals surface area contributed by atoms with Crippen molar-refractivity contribution in [3.05, 3.63) is 24.0 Å². The molecule has 4 N–H and O–H groups in total. The summed E-state index contributed by atoms with van der Waals surface area (Å²) in [5.74, 6) is -0.987. The van der Waals surface area contributed by atoms with Gasteiger partial charge in [0.1, 0.15) is 34.3 Å². The molecular formula is C30H46N2O10. The van der Waals surface area contributed by atoms with Crippen molar-refractivity contribution >= 4 is 18.0 Å². The lowest BCUT2D eigenvalue weighted by atomic mass is 9.78. The van der Waals surface area contributed by atoms with Gasteiger partial charge in [0.15, 0.2) is 5.78 Å². The van der Waals surface area contributed by atoms with Crippen LogP contribution < -0.4 is 0 Å². The normalized spacial score (nSPS) is 35.8. The molecule has 0 aromatic rings. The third-order valence-electron chi connectivity index (χ3n) is 8.26. The molecule has 2 amide bonds. The molecular weight excluding hydrogens is 548 g/mol. The Morgan fingerprint density at radius 1 is 0.881 bits per heavy atom. The molecule has 2 heterocycles. The number of nitrogens with zero attached hydrogens (tertiary/aromatic N) is 2. The van der Waals surface area contributed by atoms with Crippen LogP contribution in [0.1, 0.15) is 80.1 Å². The molecule has 0 saturated carbocycles. The quantitative estimate of drug-likeness (QED) is 0.380. The second kappa shape index (κ2) is 11.4. The third-order valence-corrected chi connectivity index (χ3v) is 8.26. The molecule has 0 aromatic heterocycles.